The molecule has 0 aromatic heterocycles. The van der Waals surface area contributed by atoms with E-state index in [1.165, 1.54) is 0 Å². The molecule has 0 atom stereocenters. The van der Waals surface area contributed by atoms with Crippen molar-refractivity contribution in [2.45, 2.75) is 45.8 Å². The minimum Gasteiger partial charge on any atom is -0.435 e. The molecule has 0 aromatic carbocycles. The fraction of sp³-hybridized carbons (Fsp3) is 1.00. The fourth-order valence-corrected chi connectivity index (χ4v) is 13.5. The summed E-state index contributed by atoms with van der Waals surface area (Å²) in [5, 5.41) is 0. The van der Waals surface area contributed by atoms with Crippen LogP contribution in [0.3, 0.4) is 0 Å². The molecule has 3 nitrogen and oxygen atoms in total. The molecule has 92 valence electrons. The Kier molecular flexibility index (Phi) is 5.43. The first-order chi connectivity index (χ1) is 6.47. The molecular weight excluding hydrogens is 240 g/mol. The zero-order valence-corrected chi connectivity index (χ0v) is 14.4. The van der Waals surface area contributed by atoms with Crippen molar-refractivity contribution in [3.63, 3.8) is 0 Å². The van der Waals surface area contributed by atoms with Gasteiger partial charge in [-0.3, -0.25) is 0 Å². The molecule has 0 unspecified atom stereocenters. The predicted molar refractivity (Wildman–Crippen MR) is 72.4 cm³/mol. The van der Waals surface area contributed by atoms with Crippen LogP contribution in [-0.2, 0) is 13.0 Å². The lowest BCUT2D eigenvalue weighted by atomic mass is 11.5. The Bertz CT molecular complexity index is 180. The van der Waals surface area contributed by atoms with Gasteiger partial charge >= 0.3 is 8.56 Å². The van der Waals surface area contributed by atoms with Crippen molar-refractivity contribution >= 4 is 25.2 Å². The number of hydrogen-bond acceptors (Lipinski definition) is 3. The van der Waals surface area contributed by atoms with Crippen molar-refractivity contribution in [1.82, 2.24) is 0 Å². The van der Waals surface area contributed by atoms with Gasteiger partial charge in [0.2, 0.25) is 0 Å². The maximum atomic E-state index is 6.21. The van der Waals surface area contributed by atoms with Crippen LogP contribution in [0.25, 0.3) is 0 Å². The molecule has 0 aromatic rings. The predicted octanol–water partition coefficient (Wildman–Crippen LogP) is 2.95. The third-order valence-electron chi connectivity index (χ3n) is 1.45. The topological polar surface area (TPSA) is 27.7 Å². The summed E-state index contributed by atoms with van der Waals surface area (Å²) in [6, 6.07) is 0. The van der Waals surface area contributed by atoms with E-state index in [4.69, 9.17) is 13.0 Å². The zero-order chi connectivity index (χ0) is 12.3. The molecule has 0 spiro atoms. The van der Waals surface area contributed by atoms with Crippen LogP contribution in [-0.4, -0.2) is 38.5 Å². The first kappa shape index (κ1) is 15.5. The normalized spacial score (nSPS) is 14.4. The second-order valence-corrected chi connectivity index (χ2v) is 18.6. The van der Waals surface area contributed by atoms with Crippen LogP contribution in [0.1, 0.15) is 0 Å². The quantitative estimate of drug-likeness (QED) is 0.692. The summed E-state index contributed by atoms with van der Waals surface area (Å²) in [5.41, 5.74) is 0. The molecule has 15 heavy (non-hydrogen) atoms. The Hall–Kier alpha value is 0.531. The van der Waals surface area contributed by atoms with E-state index in [-0.39, 0.29) is 0 Å². The number of rotatable bonds is 6. The minimum absolute atomic E-state index is 0.627. The number of methoxy groups -OCH3 is 1. The van der Waals surface area contributed by atoms with E-state index in [0.717, 1.165) is 0 Å². The van der Waals surface area contributed by atoms with E-state index in [1.54, 1.807) is 7.11 Å². The third kappa shape index (κ3) is 8.35. The monoisotopic (exact) mass is 266 g/mol. The van der Waals surface area contributed by atoms with Gasteiger partial charge in [-0.05, 0) is 45.8 Å². The van der Waals surface area contributed by atoms with Gasteiger partial charge in [-0.2, -0.15) is 0 Å². The highest BCUT2D eigenvalue weighted by Gasteiger charge is 2.40. The van der Waals surface area contributed by atoms with Crippen molar-refractivity contribution < 1.29 is 13.0 Å². The van der Waals surface area contributed by atoms with E-state index in [9.17, 15) is 0 Å². The summed E-state index contributed by atoms with van der Waals surface area (Å²) in [4.78, 5) is 0. The van der Waals surface area contributed by atoms with E-state index < -0.39 is 25.2 Å². The van der Waals surface area contributed by atoms with Crippen molar-refractivity contribution in [3.8, 4) is 0 Å². The fourth-order valence-electron chi connectivity index (χ4n) is 1.64. The molecule has 0 aliphatic rings. The highest BCUT2D eigenvalue weighted by Crippen LogP contribution is 2.20. The van der Waals surface area contributed by atoms with Gasteiger partial charge in [-0.15, -0.1) is 0 Å². The Balaban J connectivity index is 4.59. The summed E-state index contributed by atoms with van der Waals surface area (Å²) in [6.45, 7) is 15.3. The highest BCUT2D eigenvalue weighted by molar-refractivity contribution is 6.87. The molecule has 0 aliphatic carbocycles. The molecule has 0 saturated carbocycles. The van der Waals surface area contributed by atoms with Gasteiger partial charge in [-0.25, -0.2) is 0 Å². The molecule has 0 fully saturated rings. The Morgan fingerprint density at radius 3 is 1.27 bits per heavy atom. The average Bonchev–Trinajstić information content (AvgIpc) is 1.74. The van der Waals surface area contributed by atoms with Crippen LogP contribution in [0.15, 0.2) is 0 Å². The maximum Gasteiger partial charge on any atom is 0.341 e. The third-order valence-corrected chi connectivity index (χ3v) is 10.6. The van der Waals surface area contributed by atoms with Crippen LogP contribution in [0.2, 0.25) is 45.8 Å². The van der Waals surface area contributed by atoms with Gasteiger partial charge in [0.25, 0.3) is 0 Å². The lowest BCUT2D eigenvalue weighted by molar-refractivity contribution is 0.207. The van der Waals surface area contributed by atoms with Crippen LogP contribution in [0.5, 0.6) is 0 Å². The molecule has 0 aliphatic heterocycles. The van der Waals surface area contributed by atoms with Gasteiger partial charge in [0, 0.05) is 7.11 Å². The summed E-state index contributed by atoms with van der Waals surface area (Å²) in [6.07, 6.45) is 0.627. The first-order valence-corrected chi connectivity index (χ1v) is 14.7. The van der Waals surface area contributed by atoms with Crippen molar-refractivity contribution in [2.75, 3.05) is 13.3 Å². The van der Waals surface area contributed by atoms with E-state index in [0.29, 0.717) is 6.23 Å². The minimum atomic E-state index is -2.12. The standard InChI is InChI=1S/C9H26O3Si3/c1-10-9-15(8,11-13(2,3)4)12-14(5,6)7/h9H2,1-8H3. The molecule has 0 radical (unpaired) electrons. The molecule has 0 amide bonds. The van der Waals surface area contributed by atoms with E-state index >= 15 is 0 Å². The smallest absolute Gasteiger partial charge is 0.341 e. The van der Waals surface area contributed by atoms with Gasteiger partial charge in [0.05, 0.1) is 6.23 Å². The molecule has 0 bridgehead atoms. The second-order valence-electron chi connectivity index (χ2n) is 6.00. The second kappa shape index (κ2) is 5.24. The first-order valence-electron chi connectivity index (χ1n) is 5.37. The van der Waals surface area contributed by atoms with Crippen molar-refractivity contribution in [3.05, 3.63) is 0 Å². The largest absolute Gasteiger partial charge is 0.435 e. The summed E-state index contributed by atoms with van der Waals surface area (Å²) < 4.78 is 17.7. The molecule has 0 saturated heterocycles. The van der Waals surface area contributed by atoms with E-state index in [2.05, 4.69) is 45.8 Å². The zero-order valence-electron chi connectivity index (χ0n) is 11.4. The lowest BCUT2D eigenvalue weighted by Crippen LogP contribution is -2.55. The van der Waals surface area contributed by atoms with Gasteiger partial charge in [-0.1, -0.05) is 0 Å². The van der Waals surface area contributed by atoms with E-state index in [1.807, 2.05) is 0 Å². The summed E-state index contributed by atoms with van der Waals surface area (Å²) in [7, 11) is -3.51. The van der Waals surface area contributed by atoms with Crippen molar-refractivity contribution in [2.24, 2.45) is 0 Å². The molecule has 0 N–H and O–H groups in total. The van der Waals surface area contributed by atoms with Gasteiger partial charge in [0.1, 0.15) is 0 Å². The summed E-state index contributed by atoms with van der Waals surface area (Å²) in [5.74, 6) is 0. The van der Waals surface area contributed by atoms with Crippen molar-refractivity contribution in [1.29, 1.82) is 0 Å². The molecule has 0 rings (SSSR count). The van der Waals surface area contributed by atoms with Crippen LogP contribution in [0, 0.1) is 0 Å². The SMILES string of the molecule is COC[Si](C)(O[Si](C)(C)C)O[Si](C)(C)C. The Labute approximate surface area is 97.6 Å². The van der Waals surface area contributed by atoms with Gasteiger partial charge < -0.3 is 13.0 Å². The van der Waals surface area contributed by atoms with Gasteiger partial charge in [0.15, 0.2) is 16.6 Å². The number of ether oxygens (including phenoxy) is 1. The maximum absolute atomic E-state index is 6.21. The number of hydrogen-bond donors (Lipinski definition) is 0. The molecule has 0 heterocycles. The van der Waals surface area contributed by atoms with Crippen LogP contribution >= 0.6 is 0 Å². The Morgan fingerprint density at radius 2 is 1.07 bits per heavy atom. The molecular formula is C9H26O3Si3. The molecule has 6 heteroatoms. The summed E-state index contributed by atoms with van der Waals surface area (Å²) >= 11 is 0. The highest BCUT2D eigenvalue weighted by atomic mass is 28.5. The van der Waals surface area contributed by atoms with Crippen LogP contribution < -0.4 is 0 Å². The Morgan fingerprint density at radius 1 is 0.733 bits per heavy atom. The van der Waals surface area contributed by atoms with Crippen LogP contribution in [0.4, 0.5) is 0 Å². The average molecular weight is 267 g/mol. The lowest BCUT2D eigenvalue weighted by Gasteiger charge is -2.37.